The van der Waals surface area contributed by atoms with Crippen molar-refractivity contribution in [3.63, 3.8) is 0 Å². The van der Waals surface area contributed by atoms with Gasteiger partial charge in [-0.15, -0.1) is 0 Å². The van der Waals surface area contributed by atoms with Crippen LogP contribution in [0.3, 0.4) is 0 Å². The highest BCUT2D eigenvalue weighted by molar-refractivity contribution is 5.84. The van der Waals surface area contributed by atoms with Gasteiger partial charge < -0.3 is 15.0 Å². The fraction of sp³-hybridized carbons (Fsp3) is 0.571. The average molecular weight is 392 g/mol. The van der Waals surface area contributed by atoms with E-state index in [9.17, 15) is 18.8 Å². The summed E-state index contributed by atoms with van der Waals surface area (Å²) in [5.74, 6) is -1.39. The standard InChI is InChI=1S/C21H29FN2O4/c1-14(18(25)23-13-15-5-7-17(22)8-6-15)28-19(26)16-9-11-24(12-10-16)20(27)21(2,3)4/h5-8,14,16H,9-13H2,1-4H3,(H,23,25). The van der Waals surface area contributed by atoms with Gasteiger partial charge in [0.05, 0.1) is 5.92 Å². The summed E-state index contributed by atoms with van der Waals surface area (Å²) in [5, 5.41) is 2.67. The van der Waals surface area contributed by atoms with Crippen molar-refractivity contribution in [1.82, 2.24) is 10.2 Å². The van der Waals surface area contributed by atoms with Gasteiger partial charge in [0.15, 0.2) is 6.10 Å². The van der Waals surface area contributed by atoms with E-state index in [4.69, 9.17) is 4.74 Å². The molecule has 6 nitrogen and oxygen atoms in total. The summed E-state index contributed by atoms with van der Waals surface area (Å²) in [6.07, 6.45) is 0.150. The van der Waals surface area contributed by atoms with Gasteiger partial charge in [0.1, 0.15) is 5.82 Å². The van der Waals surface area contributed by atoms with Crippen LogP contribution < -0.4 is 5.32 Å². The number of esters is 1. The van der Waals surface area contributed by atoms with Gasteiger partial charge in [0, 0.05) is 25.0 Å². The molecule has 1 saturated heterocycles. The first-order valence-corrected chi connectivity index (χ1v) is 9.60. The highest BCUT2D eigenvalue weighted by Crippen LogP contribution is 2.24. The largest absolute Gasteiger partial charge is 0.452 e. The highest BCUT2D eigenvalue weighted by Gasteiger charge is 2.33. The van der Waals surface area contributed by atoms with Crippen LogP contribution in [0.4, 0.5) is 4.39 Å². The molecule has 0 aromatic heterocycles. The first-order valence-electron chi connectivity index (χ1n) is 9.60. The Kier molecular flexibility index (Phi) is 7.16. The first kappa shape index (κ1) is 21.9. The minimum Gasteiger partial charge on any atom is -0.452 e. The third-order valence-electron chi connectivity index (χ3n) is 4.80. The number of hydrogen-bond acceptors (Lipinski definition) is 4. The zero-order chi connectivity index (χ0) is 20.9. The zero-order valence-corrected chi connectivity index (χ0v) is 17.0. The molecule has 1 unspecified atom stereocenters. The fourth-order valence-electron chi connectivity index (χ4n) is 3.05. The van der Waals surface area contributed by atoms with E-state index in [2.05, 4.69) is 5.32 Å². The Morgan fingerprint density at radius 1 is 1.18 bits per heavy atom. The molecule has 1 atom stereocenters. The molecule has 0 saturated carbocycles. The number of benzene rings is 1. The number of piperidine rings is 1. The van der Waals surface area contributed by atoms with Crippen molar-refractivity contribution in [3.8, 4) is 0 Å². The number of halogens is 1. The van der Waals surface area contributed by atoms with Gasteiger partial charge in [-0.1, -0.05) is 32.9 Å². The van der Waals surface area contributed by atoms with Crippen molar-refractivity contribution in [2.75, 3.05) is 13.1 Å². The summed E-state index contributed by atoms with van der Waals surface area (Å²) in [6.45, 7) is 8.41. The Hall–Kier alpha value is -2.44. The van der Waals surface area contributed by atoms with Crippen LogP contribution in [0.25, 0.3) is 0 Å². The predicted molar refractivity (Wildman–Crippen MR) is 103 cm³/mol. The molecule has 0 bridgehead atoms. The van der Waals surface area contributed by atoms with Crippen LogP contribution >= 0.6 is 0 Å². The van der Waals surface area contributed by atoms with Gasteiger partial charge >= 0.3 is 5.97 Å². The summed E-state index contributed by atoms with van der Waals surface area (Å²) in [5.41, 5.74) is 0.314. The number of nitrogens with zero attached hydrogens (tertiary/aromatic N) is 1. The first-order chi connectivity index (χ1) is 13.1. The van der Waals surface area contributed by atoms with Crippen molar-refractivity contribution < 1.29 is 23.5 Å². The minimum atomic E-state index is -0.915. The van der Waals surface area contributed by atoms with Gasteiger partial charge in [0.2, 0.25) is 5.91 Å². The molecular formula is C21H29FN2O4. The molecule has 1 aliphatic heterocycles. The highest BCUT2D eigenvalue weighted by atomic mass is 19.1. The number of ether oxygens (including phenoxy) is 1. The number of likely N-dealkylation sites (tertiary alicyclic amines) is 1. The number of nitrogens with one attached hydrogen (secondary N) is 1. The summed E-state index contributed by atoms with van der Waals surface area (Å²) in [7, 11) is 0. The van der Waals surface area contributed by atoms with Crippen molar-refractivity contribution in [2.45, 2.75) is 53.2 Å². The summed E-state index contributed by atoms with van der Waals surface area (Å²) >= 11 is 0. The number of carbonyl (C=O) groups excluding carboxylic acids is 3. The molecule has 1 aromatic carbocycles. The van der Waals surface area contributed by atoms with Crippen LogP contribution in [0.1, 0.15) is 46.1 Å². The smallest absolute Gasteiger partial charge is 0.309 e. The van der Waals surface area contributed by atoms with Crippen LogP contribution in [0.5, 0.6) is 0 Å². The predicted octanol–water partition coefficient (Wildman–Crippen LogP) is 2.66. The normalized spacial score (nSPS) is 16.4. The molecule has 1 aliphatic rings. The van der Waals surface area contributed by atoms with Crippen molar-refractivity contribution in [1.29, 1.82) is 0 Å². The number of rotatable bonds is 5. The lowest BCUT2D eigenvalue weighted by Gasteiger charge is -2.35. The molecule has 2 amide bonds. The van der Waals surface area contributed by atoms with Gasteiger partial charge in [-0.3, -0.25) is 14.4 Å². The zero-order valence-electron chi connectivity index (χ0n) is 17.0. The quantitative estimate of drug-likeness (QED) is 0.782. The van der Waals surface area contributed by atoms with Gasteiger partial charge in [-0.05, 0) is 37.5 Å². The maximum Gasteiger partial charge on any atom is 0.309 e. The number of amides is 2. The Morgan fingerprint density at radius 3 is 2.29 bits per heavy atom. The number of hydrogen-bond donors (Lipinski definition) is 1. The van der Waals surface area contributed by atoms with E-state index < -0.39 is 23.4 Å². The van der Waals surface area contributed by atoms with Crippen molar-refractivity contribution in [2.24, 2.45) is 11.3 Å². The van der Waals surface area contributed by atoms with Crippen molar-refractivity contribution in [3.05, 3.63) is 35.6 Å². The van der Waals surface area contributed by atoms with Gasteiger partial charge in [-0.25, -0.2) is 4.39 Å². The topological polar surface area (TPSA) is 75.7 Å². The van der Waals surface area contributed by atoms with Crippen LogP contribution in [-0.4, -0.2) is 41.9 Å². The van der Waals surface area contributed by atoms with Crippen LogP contribution in [0.2, 0.25) is 0 Å². The molecule has 154 valence electrons. The lowest BCUT2D eigenvalue weighted by Crippen LogP contribution is -2.46. The van der Waals surface area contributed by atoms with E-state index >= 15 is 0 Å². The summed E-state index contributed by atoms with van der Waals surface area (Å²) < 4.78 is 18.2. The van der Waals surface area contributed by atoms with E-state index in [1.165, 1.54) is 19.1 Å². The molecule has 1 N–H and O–H groups in total. The molecule has 7 heteroatoms. The second kappa shape index (κ2) is 9.17. The maximum atomic E-state index is 12.9. The Morgan fingerprint density at radius 2 is 1.75 bits per heavy atom. The second-order valence-corrected chi connectivity index (χ2v) is 8.24. The minimum absolute atomic E-state index is 0.0767. The van der Waals surface area contributed by atoms with E-state index in [1.54, 1.807) is 17.0 Å². The third kappa shape index (κ3) is 6.04. The van der Waals surface area contributed by atoms with E-state index in [-0.39, 0.29) is 24.2 Å². The third-order valence-corrected chi connectivity index (χ3v) is 4.80. The molecular weight excluding hydrogens is 363 g/mol. The summed E-state index contributed by atoms with van der Waals surface area (Å²) in [4.78, 5) is 38.6. The number of carbonyl (C=O) groups is 3. The molecule has 1 fully saturated rings. The maximum absolute atomic E-state index is 12.9. The van der Waals surface area contributed by atoms with E-state index in [0.29, 0.717) is 25.9 Å². The monoisotopic (exact) mass is 392 g/mol. The summed E-state index contributed by atoms with van der Waals surface area (Å²) in [6, 6.07) is 5.81. The lowest BCUT2D eigenvalue weighted by atomic mass is 9.91. The SMILES string of the molecule is CC(OC(=O)C1CCN(C(=O)C(C)(C)C)CC1)C(=O)NCc1ccc(F)cc1. The molecule has 0 aliphatic carbocycles. The van der Waals surface area contributed by atoms with E-state index in [0.717, 1.165) is 5.56 Å². The fourth-order valence-corrected chi connectivity index (χ4v) is 3.05. The molecule has 1 heterocycles. The average Bonchev–Trinajstić information content (AvgIpc) is 2.66. The Labute approximate surface area is 165 Å². The Bertz CT molecular complexity index is 704. The molecule has 0 radical (unpaired) electrons. The molecule has 2 rings (SSSR count). The van der Waals surface area contributed by atoms with Crippen LogP contribution in [0.15, 0.2) is 24.3 Å². The molecule has 28 heavy (non-hydrogen) atoms. The van der Waals surface area contributed by atoms with Crippen molar-refractivity contribution >= 4 is 17.8 Å². The molecule has 0 spiro atoms. The second-order valence-electron chi connectivity index (χ2n) is 8.24. The van der Waals surface area contributed by atoms with E-state index in [1.807, 2.05) is 20.8 Å². The van der Waals surface area contributed by atoms with Crippen LogP contribution in [0, 0.1) is 17.2 Å². The van der Waals surface area contributed by atoms with Gasteiger partial charge in [-0.2, -0.15) is 0 Å². The Balaban J connectivity index is 1.77. The van der Waals surface area contributed by atoms with Crippen LogP contribution in [-0.2, 0) is 25.7 Å². The van der Waals surface area contributed by atoms with Gasteiger partial charge in [0.25, 0.3) is 5.91 Å². The lowest BCUT2D eigenvalue weighted by molar-refractivity contribution is -0.161. The molecule has 1 aromatic rings.